The first-order valence-corrected chi connectivity index (χ1v) is 11.5. The van der Waals surface area contributed by atoms with Gasteiger partial charge in [0.15, 0.2) is 0 Å². The highest BCUT2D eigenvalue weighted by molar-refractivity contribution is 5.92. The van der Waals surface area contributed by atoms with E-state index < -0.39 is 0 Å². The summed E-state index contributed by atoms with van der Waals surface area (Å²) in [5, 5.41) is 7.66. The van der Waals surface area contributed by atoms with Gasteiger partial charge in [-0.15, -0.1) is 0 Å². The number of amides is 1. The number of hydrogen-bond acceptors (Lipinski definition) is 4. The van der Waals surface area contributed by atoms with E-state index in [4.69, 9.17) is 0 Å². The van der Waals surface area contributed by atoms with E-state index in [1.807, 2.05) is 6.07 Å². The number of nitrogens with zero attached hydrogens (tertiary/aromatic N) is 2. The molecule has 1 amide bonds. The van der Waals surface area contributed by atoms with Crippen molar-refractivity contribution in [3.8, 4) is 0 Å². The molecule has 3 heterocycles. The molecule has 7 heteroatoms. The van der Waals surface area contributed by atoms with Crippen LogP contribution in [0, 0.1) is 10.8 Å². The molecule has 0 atom stereocenters. The molecule has 7 nitrogen and oxygen atoms in total. The number of H-pyrrole nitrogens is 1. The Morgan fingerprint density at radius 2 is 1.97 bits per heavy atom. The summed E-state index contributed by atoms with van der Waals surface area (Å²) < 4.78 is 1.41. The average molecular weight is 442 g/mol. The summed E-state index contributed by atoms with van der Waals surface area (Å²) in [6, 6.07) is 14.8. The fourth-order valence-electron chi connectivity index (χ4n) is 6.09. The van der Waals surface area contributed by atoms with Crippen LogP contribution in [0.25, 0.3) is 16.6 Å². The van der Waals surface area contributed by atoms with Crippen LogP contribution >= 0.6 is 0 Å². The number of pyridine rings is 1. The molecule has 0 saturated heterocycles. The quantitative estimate of drug-likeness (QED) is 0.410. The molecule has 3 aromatic heterocycles. The van der Waals surface area contributed by atoms with Gasteiger partial charge in [0.05, 0.1) is 0 Å². The van der Waals surface area contributed by atoms with Crippen molar-refractivity contribution in [2.24, 2.45) is 10.8 Å². The summed E-state index contributed by atoms with van der Waals surface area (Å²) in [6.07, 6.45) is 5.76. The Kier molecular flexibility index (Phi) is 4.45. The lowest BCUT2D eigenvalue weighted by molar-refractivity contribution is -0.187. The van der Waals surface area contributed by atoms with Crippen LogP contribution in [0.3, 0.4) is 0 Å². The zero-order chi connectivity index (χ0) is 22.6. The standard InChI is InChI=1S/C26H27N5O2/c1-25-13-26(14-25,15-25)16-27-12-19-9-18-6-5-17(8-20(18)29-19)11-28-24(33)21-10-23(32)31-7-3-2-4-22(31)30-21/h2-10,27,29H,11-16H2,1H3,(H,28,33). The second-order valence-corrected chi connectivity index (χ2v) is 10.3. The lowest BCUT2D eigenvalue weighted by Crippen LogP contribution is -2.63. The van der Waals surface area contributed by atoms with E-state index >= 15 is 0 Å². The van der Waals surface area contributed by atoms with Crippen molar-refractivity contribution in [3.63, 3.8) is 0 Å². The summed E-state index contributed by atoms with van der Waals surface area (Å²) in [5.74, 6) is -0.364. The Morgan fingerprint density at radius 1 is 1.12 bits per heavy atom. The molecule has 168 valence electrons. The Morgan fingerprint density at radius 3 is 2.79 bits per heavy atom. The molecule has 33 heavy (non-hydrogen) atoms. The Bertz CT molecular complexity index is 1430. The average Bonchev–Trinajstić information content (AvgIpc) is 3.17. The van der Waals surface area contributed by atoms with Crippen molar-refractivity contribution in [3.05, 3.63) is 82.0 Å². The van der Waals surface area contributed by atoms with Crippen LogP contribution in [0.5, 0.6) is 0 Å². The number of rotatable bonds is 7. The maximum Gasteiger partial charge on any atom is 0.270 e. The van der Waals surface area contributed by atoms with Gasteiger partial charge >= 0.3 is 0 Å². The number of aromatic nitrogens is 3. The van der Waals surface area contributed by atoms with E-state index in [1.165, 1.54) is 35.4 Å². The molecule has 3 N–H and O–H groups in total. The van der Waals surface area contributed by atoms with Gasteiger partial charge in [-0.2, -0.15) is 0 Å². The van der Waals surface area contributed by atoms with Gasteiger partial charge in [-0.05, 0) is 65.3 Å². The molecule has 0 spiro atoms. The molecule has 3 aliphatic carbocycles. The lowest BCUT2D eigenvalue weighted by Gasteiger charge is -2.70. The number of benzene rings is 1. The minimum atomic E-state index is -0.364. The molecular formula is C26H27N5O2. The van der Waals surface area contributed by atoms with Crippen LogP contribution in [-0.2, 0) is 13.1 Å². The summed E-state index contributed by atoms with van der Waals surface area (Å²) in [4.78, 5) is 32.6. The summed E-state index contributed by atoms with van der Waals surface area (Å²) in [6.45, 7) is 4.69. The Labute approximate surface area is 191 Å². The van der Waals surface area contributed by atoms with Gasteiger partial charge < -0.3 is 15.6 Å². The van der Waals surface area contributed by atoms with Gasteiger partial charge in [-0.3, -0.25) is 14.0 Å². The normalized spacial score (nSPS) is 23.3. The highest BCUT2D eigenvalue weighted by Crippen LogP contribution is 2.72. The number of nitrogens with one attached hydrogen (secondary N) is 3. The third-order valence-electron chi connectivity index (χ3n) is 7.22. The molecule has 0 aliphatic heterocycles. The third-order valence-corrected chi connectivity index (χ3v) is 7.22. The van der Waals surface area contributed by atoms with E-state index in [-0.39, 0.29) is 17.2 Å². The van der Waals surface area contributed by atoms with Crippen LogP contribution in [0.15, 0.2) is 59.5 Å². The number of fused-ring (bicyclic) bond motifs is 2. The first-order valence-electron chi connectivity index (χ1n) is 11.5. The van der Waals surface area contributed by atoms with Crippen LogP contribution in [0.4, 0.5) is 0 Å². The van der Waals surface area contributed by atoms with Crippen molar-refractivity contribution >= 4 is 22.5 Å². The van der Waals surface area contributed by atoms with E-state index in [0.29, 0.717) is 23.0 Å². The molecule has 7 rings (SSSR count). The SMILES string of the molecule is CC12CC(CNCc3cc4ccc(CNC(=O)c5cc(=O)n6ccccc6n5)cc4[nH]3)(C1)C2. The van der Waals surface area contributed by atoms with E-state index in [2.05, 4.69) is 45.7 Å². The minimum Gasteiger partial charge on any atom is -0.357 e. The molecular weight excluding hydrogens is 414 g/mol. The molecule has 0 radical (unpaired) electrons. The zero-order valence-corrected chi connectivity index (χ0v) is 18.6. The van der Waals surface area contributed by atoms with Gasteiger partial charge in [-0.1, -0.05) is 25.1 Å². The summed E-state index contributed by atoms with van der Waals surface area (Å²) >= 11 is 0. The van der Waals surface area contributed by atoms with Crippen LogP contribution < -0.4 is 16.2 Å². The number of hydrogen-bond donors (Lipinski definition) is 3. The van der Waals surface area contributed by atoms with Crippen LogP contribution in [0.2, 0.25) is 0 Å². The van der Waals surface area contributed by atoms with Gasteiger partial charge in [0.1, 0.15) is 11.3 Å². The van der Waals surface area contributed by atoms with Crippen LogP contribution in [0.1, 0.15) is 47.9 Å². The minimum absolute atomic E-state index is 0.123. The third kappa shape index (κ3) is 3.62. The van der Waals surface area contributed by atoms with Gasteiger partial charge in [0.25, 0.3) is 11.5 Å². The van der Waals surface area contributed by atoms with Gasteiger partial charge in [0, 0.05) is 43.1 Å². The molecule has 3 aliphatic rings. The predicted molar refractivity (Wildman–Crippen MR) is 127 cm³/mol. The van der Waals surface area contributed by atoms with E-state index in [1.54, 1.807) is 24.4 Å². The second-order valence-electron chi connectivity index (χ2n) is 10.3. The van der Waals surface area contributed by atoms with Crippen molar-refractivity contribution in [2.45, 2.75) is 39.3 Å². The second kappa shape index (κ2) is 7.28. The molecule has 1 aromatic carbocycles. The number of carbonyl (C=O) groups excluding carboxylic acids is 1. The smallest absolute Gasteiger partial charge is 0.270 e. The first-order chi connectivity index (χ1) is 15.9. The van der Waals surface area contributed by atoms with Crippen molar-refractivity contribution in [1.82, 2.24) is 25.0 Å². The fraction of sp³-hybridized carbons (Fsp3) is 0.346. The monoisotopic (exact) mass is 441 g/mol. The molecule has 0 unspecified atom stereocenters. The van der Waals surface area contributed by atoms with Gasteiger partial charge in [0.2, 0.25) is 0 Å². The summed E-state index contributed by atoms with van der Waals surface area (Å²) in [7, 11) is 0. The zero-order valence-electron chi connectivity index (χ0n) is 18.6. The topological polar surface area (TPSA) is 91.3 Å². The van der Waals surface area contributed by atoms with E-state index in [0.717, 1.165) is 29.6 Å². The van der Waals surface area contributed by atoms with E-state index in [9.17, 15) is 9.59 Å². The molecule has 3 saturated carbocycles. The molecule has 3 fully saturated rings. The van der Waals surface area contributed by atoms with Crippen molar-refractivity contribution < 1.29 is 4.79 Å². The van der Waals surface area contributed by atoms with Crippen LogP contribution in [-0.4, -0.2) is 26.8 Å². The highest BCUT2D eigenvalue weighted by Gasteiger charge is 2.64. The van der Waals surface area contributed by atoms with Crippen molar-refractivity contribution in [2.75, 3.05) is 6.54 Å². The largest absolute Gasteiger partial charge is 0.357 e. The summed E-state index contributed by atoms with van der Waals surface area (Å²) in [5.41, 5.74) is 4.72. The van der Waals surface area contributed by atoms with Gasteiger partial charge in [-0.25, -0.2) is 4.98 Å². The van der Waals surface area contributed by atoms with Crippen molar-refractivity contribution in [1.29, 1.82) is 0 Å². The lowest BCUT2D eigenvalue weighted by atomic mass is 9.36. The predicted octanol–water partition coefficient (Wildman–Crippen LogP) is 3.39. The molecule has 4 aromatic rings. The maximum absolute atomic E-state index is 12.6. The molecule has 2 bridgehead atoms. The number of carbonyl (C=O) groups is 1. The first kappa shape index (κ1) is 20.2. The fourth-order valence-corrected chi connectivity index (χ4v) is 6.09. The highest BCUT2D eigenvalue weighted by atomic mass is 16.2. The number of aromatic amines is 1. The Hall–Kier alpha value is -3.45. The Balaban J connectivity index is 1.09. The maximum atomic E-state index is 12.6.